The molecule has 0 aliphatic carbocycles. The lowest BCUT2D eigenvalue weighted by Gasteiger charge is -1.99. The van der Waals surface area contributed by atoms with Crippen LogP contribution >= 0.6 is 28.3 Å². The van der Waals surface area contributed by atoms with Gasteiger partial charge in [-0.15, -0.1) is 17.0 Å². The second-order valence-electron chi connectivity index (χ2n) is 2.81. The molecule has 0 unspecified atom stereocenters. The SMILES string of the molecule is Br.CCOC(=O)c1cn(CCOC)c(=N)s1. The number of hydrogen-bond donors (Lipinski definition) is 1. The van der Waals surface area contributed by atoms with E-state index in [0.29, 0.717) is 29.4 Å². The van der Waals surface area contributed by atoms with Gasteiger partial charge in [0.2, 0.25) is 0 Å². The van der Waals surface area contributed by atoms with E-state index in [-0.39, 0.29) is 23.0 Å². The minimum atomic E-state index is -0.368. The molecule has 0 atom stereocenters. The van der Waals surface area contributed by atoms with Crippen LogP contribution in [0.3, 0.4) is 0 Å². The molecule has 1 aromatic rings. The van der Waals surface area contributed by atoms with Crippen LogP contribution in [-0.2, 0) is 16.0 Å². The summed E-state index contributed by atoms with van der Waals surface area (Å²) in [5.41, 5.74) is 0. The maximum absolute atomic E-state index is 11.3. The van der Waals surface area contributed by atoms with Crippen molar-refractivity contribution in [1.29, 1.82) is 5.41 Å². The van der Waals surface area contributed by atoms with Gasteiger partial charge in [-0.25, -0.2) is 4.79 Å². The number of hydrogen-bond acceptors (Lipinski definition) is 5. The van der Waals surface area contributed by atoms with Gasteiger partial charge in [0.25, 0.3) is 0 Å². The van der Waals surface area contributed by atoms with Gasteiger partial charge in [0.15, 0.2) is 4.80 Å². The van der Waals surface area contributed by atoms with E-state index in [1.54, 1.807) is 24.8 Å². The minimum Gasteiger partial charge on any atom is -0.462 e. The third kappa shape index (κ3) is 4.07. The predicted octanol–water partition coefficient (Wildman–Crippen LogP) is 1.43. The van der Waals surface area contributed by atoms with Gasteiger partial charge in [-0.05, 0) is 6.92 Å². The first-order chi connectivity index (χ1) is 7.19. The topological polar surface area (TPSA) is 64.3 Å². The first-order valence-corrected chi connectivity index (χ1v) is 5.41. The number of halogens is 1. The molecule has 5 nitrogen and oxygen atoms in total. The molecule has 0 radical (unpaired) electrons. The molecule has 0 aliphatic heterocycles. The molecular formula is C9H15BrN2O3S. The highest BCUT2D eigenvalue weighted by Gasteiger charge is 2.10. The van der Waals surface area contributed by atoms with Gasteiger partial charge in [-0.1, -0.05) is 11.3 Å². The van der Waals surface area contributed by atoms with Crippen molar-refractivity contribution in [3.8, 4) is 0 Å². The predicted molar refractivity (Wildman–Crippen MR) is 66.3 cm³/mol. The molecule has 0 bridgehead atoms. The molecule has 7 heteroatoms. The summed E-state index contributed by atoms with van der Waals surface area (Å²) in [4.78, 5) is 12.1. The largest absolute Gasteiger partial charge is 0.462 e. The zero-order valence-electron chi connectivity index (χ0n) is 9.19. The van der Waals surface area contributed by atoms with Gasteiger partial charge >= 0.3 is 5.97 Å². The number of esters is 1. The summed E-state index contributed by atoms with van der Waals surface area (Å²) >= 11 is 1.11. The highest BCUT2D eigenvalue weighted by atomic mass is 79.9. The molecule has 92 valence electrons. The van der Waals surface area contributed by atoms with Crippen LogP contribution in [0, 0.1) is 5.41 Å². The van der Waals surface area contributed by atoms with E-state index in [4.69, 9.17) is 14.9 Å². The summed E-state index contributed by atoms with van der Waals surface area (Å²) in [5, 5.41) is 7.61. The molecule has 1 rings (SSSR count). The van der Waals surface area contributed by atoms with Crippen molar-refractivity contribution in [3.63, 3.8) is 0 Å². The first kappa shape index (κ1) is 15.3. The van der Waals surface area contributed by atoms with Crippen LogP contribution in [0.25, 0.3) is 0 Å². The Kier molecular flexibility index (Phi) is 7.27. The zero-order chi connectivity index (χ0) is 11.3. The van der Waals surface area contributed by atoms with Gasteiger partial charge in [0.05, 0.1) is 13.2 Å². The maximum Gasteiger partial charge on any atom is 0.349 e. The van der Waals surface area contributed by atoms with Gasteiger partial charge in [0.1, 0.15) is 4.88 Å². The second kappa shape index (κ2) is 7.59. The molecular weight excluding hydrogens is 296 g/mol. The molecule has 0 saturated carbocycles. The molecule has 1 aromatic heterocycles. The number of carbonyl (C=O) groups is 1. The fraction of sp³-hybridized carbons (Fsp3) is 0.556. The smallest absolute Gasteiger partial charge is 0.349 e. The Balaban J connectivity index is 0.00000225. The number of nitrogens with zero attached hydrogens (tertiary/aromatic N) is 1. The molecule has 0 aliphatic rings. The quantitative estimate of drug-likeness (QED) is 0.837. The Hall–Kier alpha value is -0.660. The van der Waals surface area contributed by atoms with E-state index < -0.39 is 0 Å². The number of aromatic nitrogens is 1. The Labute approximate surface area is 108 Å². The van der Waals surface area contributed by atoms with E-state index in [2.05, 4.69) is 0 Å². The maximum atomic E-state index is 11.3. The van der Waals surface area contributed by atoms with Crippen molar-refractivity contribution in [3.05, 3.63) is 15.9 Å². The third-order valence-corrected chi connectivity index (χ3v) is 2.67. The number of thiazole rings is 1. The lowest BCUT2D eigenvalue weighted by atomic mass is 10.5. The van der Waals surface area contributed by atoms with Crippen molar-refractivity contribution < 1.29 is 14.3 Å². The molecule has 16 heavy (non-hydrogen) atoms. The van der Waals surface area contributed by atoms with E-state index in [1.807, 2.05) is 0 Å². The summed E-state index contributed by atoms with van der Waals surface area (Å²) in [6, 6.07) is 0. The number of carbonyl (C=O) groups excluding carboxylic acids is 1. The van der Waals surface area contributed by atoms with E-state index in [0.717, 1.165) is 11.3 Å². The van der Waals surface area contributed by atoms with Gasteiger partial charge in [0, 0.05) is 19.9 Å². The Morgan fingerprint density at radius 1 is 1.62 bits per heavy atom. The molecule has 0 spiro atoms. The van der Waals surface area contributed by atoms with Crippen molar-refractivity contribution in [2.75, 3.05) is 20.3 Å². The number of ether oxygens (including phenoxy) is 2. The van der Waals surface area contributed by atoms with Crippen LogP contribution in [0.4, 0.5) is 0 Å². The summed E-state index contributed by atoms with van der Waals surface area (Å²) < 4.78 is 11.4. The van der Waals surface area contributed by atoms with E-state index in [9.17, 15) is 4.79 Å². The summed E-state index contributed by atoms with van der Waals surface area (Å²) in [6.45, 7) is 3.20. The van der Waals surface area contributed by atoms with Gasteiger partial charge < -0.3 is 14.0 Å². The summed E-state index contributed by atoms with van der Waals surface area (Å²) in [5.74, 6) is -0.368. The fourth-order valence-electron chi connectivity index (χ4n) is 1.04. The van der Waals surface area contributed by atoms with Crippen molar-refractivity contribution in [2.45, 2.75) is 13.5 Å². The average molecular weight is 311 g/mol. The normalized spacial score (nSPS) is 9.62. The van der Waals surface area contributed by atoms with Crippen LogP contribution in [0.1, 0.15) is 16.6 Å². The highest BCUT2D eigenvalue weighted by Crippen LogP contribution is 2.05. The van der Waals surface area contributed by atoms with Crippen molar-refractivity contribution >= 4 is 34.3 Å². The van der Waals surface area contributed by atoms with Crippen molar-refractivity contribution in [1.82, 2.24) is 4.57 Å². The van der Waals surface area contributed by atoms with Crippen LogP contribution in [0.15, 0.2) is 6.20 Å². The zero-order valence-corrected chi connectivity index (χ0v) is 11.7. The number of methoxy groups -OCH3 is 1. The molecule has 0 aromatic carbocycles. The summed E-state index contributed by atoms with van der Waals surface area (Å²) in [6.07, 6.45) is 1.63. The Morgan fingerprint density at radius 2 is 2.31 bits per heavy atom. The number of rotatable bonds is 5. The third-order valence-electron chi connectivity index (χ3n) is 1.75. The molecule has 1 heterocycles. The Morgan fingerprint density at radius 3 is 2.88 bits per heavy atom. The van der Waals surface area contributed by atoms with Gasteiger partial charge in [-0.2, -0.15) is 0 Å². The highest BCUT2D eigenvalue weighted by molar-refractivity contribution is 8.93. The summed E-state index contributed by atoms with van der Waals surface area (Å²) in [7, 11) is 1.60. The second-order valence-corrected chi connectivity index (χ2v) is 3.84. The monoisotopic (exact) mass is 310 g/mol. The molecule has 0 amide bonds. The van der Waals surface area contributed by atoms with E-state index >= 15 is 0 Å². The number of nitrogens with one attached hydrogen (secondary N) is 1. The minimum absolute atomic E-state index is 0. The fourth-order valence-corrected chi connectivity index (χ4v) is 1.83. The lowest BCUT2D eigenvalue weighted by Crippen LogP contribution is -2.14. The van der Waals surface area contributed by atoms with Crippen LogP contribution in [0.5, 0.6) is 0 Å². The lowest BCUT2D eigenvalue weighted by molar-refractivity contribution is 0.0531. The van der Waals surface area contributed by atoms with E-state index in [1.165, 1.54) is 0 Å². The average Bonchev–Trinajstić information content (AvgIpc) is 2.57. The molecule has 0 saturated heterocycles. The van der Waals surface area contributed by atoms with Gasteiger partial charge in [-0.3, -0.25) is 5.41 Å². The van der Waals surface area contributed by atoms with Crippen LogP contribution < -0.4 is 4.80 Å². The standard InChI is InChI=1S/C9H14N2O3S.BrH/c1-3-14-8(12)7-6-11(4-5-13-2)9(10)15-7;/h6,10H,3-5H2,1-2H3;1H. The van der Waals surface area contributed by atoms with Crippen molar-refractivity contribution in [2.24, 2.45) is 0 Å². The first-order valence-electron chi connectivity index (χ1n) is 4.60. The molecule has 1 N–H and O–H groups in total. The van der Waals surface area contributed by atoms with Crippen LogP contribution in [0.2, 0.25) is 0 Å². The Bertz CT molecular complexity index is 388. The van der Waals surface area contributed by atoms with Crippen LogP contribution in [-0.4, -0.2) is 30.9 Å². The molecule has 0 fully saturated rings.